The number of furan rings is 1. The van der Waals surface area contributed by atoms with Crippen molar-refractivity contribution in [3.63, 3.8) is 0 Å². The van der Waals surface area contributed by atoms with E-state index < -0.39 is 9.04 Å². The minimum Gasteiger partial charge on any atom is -0.546 e. The van der Waals surface area contributed by atoms with Crippen molar-refractivity contribution in [1.29, 1.82) is 0 Å². The minimum absolute atomic E-state index is 0.695. The Kier molecular flexibility index (Phi) is 4.36. The minimum atomic E-state index is -1.10. The lowest BCUT2D eigenvalue weighted by molar-refractivity contribution is 0.527. The SMILES string of the molecule is C[SiH](C)Oc1ccccc1N=CCc1ccco1. The second-order valence-electron chi connectivity index (χ2n) is 4.23. The molecule has 1 heterocycles. The van der Waals surface area contributed by atoms with Crippen molar-refractivity contribution in [1.82, 2.24) is 0 Å². The monoisotopic (exact) mass is 259 g/mol. The van der Waals surface area contributed by atoms with E-state index in [9.17, 15) is 0 Å². The average molecular weight is 259 g/mol. The molecule has 0 radical (unpaired) electrons. The maximum absolute atomic E-state index is 5.83. The second-order valence-corrected chi connectivity index (χ2v) is 6.56. The van der Waals surface area contributed by atoms with Crippen molar-refractivity contribution in [3.8, 4) is 5.75 Å². The van der Waals surface area contributed by atoms with Crippen LogP contribution in [0.4, 0.5) is 5.69 Å². The van der Waals surface area contributed by atoms with Crippen LogP contribution < -0.4 is 4.43 Å². The molecule has 94 valence electrons. The summed E-state index contributed by atoms with van der Waals surface area (Å²) in [6.07, 6.45) is 4.22. The van der Waals surface area contributed by atoms with E-state index in [1.54, 1.807) is 6.26 Å². The quantitative estimate of drug-likeness (QED) is 0.607. The molecule has 2 rings (SSSR count). The highest BCUT2D eigenvalue weighted by Gasteiger charge is 2.03. The maximum Gasteiger partial charge on any atom is 0.229 e. The van der Waals surface area contributed by atoms with Gasteiger partial charge in [0.15, 0.2) is 0 Å². The van der Waals surface area contributed by atoms with Crippen LogP contribution in [0.15, 0.2) is 52.1 Å². The van der Waals surface area contributed by atoms with Gasteiger partial charge in [0.2, 0.25) is 9.04 Å². The molecule has 0 amide bonds. The van der Waals surface area contributed by atoms with Gasteiger partial charge in [-0.15, -0.1) is 0 Å². The van der Waals surface area contributed by atoms with Gasteiger partial charge in [-0.05, 0) is 37.4 Å². The fraction of sp³-hybridized carbons (Fsp3) is 0.214. The van der Waals surface area contributed by atoms with Gasteiger partial charge >= 0.3 is 0 Å². The van der Waals surface area contributed by atoms with E-state index in [4.69, 9.17) is 8.84 Å². The zero-order valence-corrected chi connectivity index (χ0v) is 11.8. The molecule has 2 aromatic rings. The molecule has 4 heteroatoms. The van der Waals surface area contributed by atoms with Gasteiger partial charge in [-0.25, -0.2) is 0 Å². The van der Waals surface area contributed by atoms with Crippen molar-refractivity contribution >= 4 is 20.9 Å². The fourth-order valence-corrected chi connectivity index (χ4v) is 2.29. The third kappa shape index (κ3) is 3.60. The standard InChI is InChI=1S/C14H17NO2Si/c1-18(2)17-14-8-4-3-7-13(14)15-10-9-12-6-5-11-16-12/h3-8,10-11,18H,9H2,1-2H3. The third-order valence-electron chi connectivity index (χ3n) is 2.33. The molecular formula is C14H17NO2Si. The van der Waals surface area contributed by atoms with Gasteiger partial charge in [0, 0.05) is 12.6 Å². The smallest absolute Gasteiger partial charge is 0.229 e. The van der Waals surface area contributed by atoms with E-state index >= 15 is 0 Å². The molecule has 1 aromatic carbocycles. The van der Waals surface area contributed by atoms with E-state index in [1.807, 2.05) is 42.6 Å². The first-order valence-corrected chi connectivity index (χ1v) is 8.84. The van der Waals surface area contributed by atoms with Crippen LogP contribution >= 0.6 is 0 Å². The van der Waals surface area contributed by atoms with Crippen LogP contribution in [-0.2, 0) is 6.42 Å². The Balaban J connectivity index is 2.06. The molecule has 0 bridgehead atoms. The topological polar surface area (TPSA) is 34.7 Å². The number of benzene rings is 1. The molecule has 0 saturated heterocycles. The summed E-state index contributed by atoms with van der Waals surface area (Å²) in [6.45, 7) is 4.28. The van der Waals surface area contributed by atoms with Crippen LogP contribution in [0.1, 0.15) is 5.76 Å². The summed E-state index contributed by atoms with van der Waals surface area (Å²) in [6, 6.07) is 11.7. The van der Waals surface area contributed by atoms with Gasteiger partial charge < -0.3 is 8.84 Å². The molecule has 0 saturated carbocycles. The first-order chi connectivity index (χ1) is 8.75. The van der Waals surface area contributed by atoms with Gasteiger partial charge in [0.1, 0.15) is 17.2 Å². The number of hydrogen-bond acceptors (Lipinski definition) is 3. The normalized spacial score (nSPS) is 11.3. The molecule has 0 atom stereocenters. The van der Waals surface area contributed by atoms with Gasteiger partial charge in [-0.1, -0.05) is 12.1 Å². The number of nitrogens with zero attached hydrogens (tertiary/aromatic N) is 1. The largest absolute Gasteiger partial charge is 0.546 e. The van der Waals surface area contributed by atoms with Crippen molar-refractivity contribution in [2.24, 2.45) is 4.99 Å². The highest BCUT2D eigenvalue weighted by atomic mass is 28.3. The molecule has 0 aliphatic rings. The Morgan fingerprint density at radius 2 is 2.06 bits per heavy atom. The number of para-hydroxylation sites is 2. The van der Waals surface area contributed by atoms with Crippen molar-refractivity contribution in [2.45, 2.75) is 19.5 Å². The van der Waals surface area contributed by atoms with Crippen LogP contribution in [-0.4, -0.2) is 15.3 Å². The van der Waals surface area contributed by atoms with Crippen LogP contribution in [0, 0.1) is 0 Å². The Morgan fingerprint density at radius 1 is 1.22 bits per heavy atom. The van der Waals surface area contributed by atoms with Crippen LogP contribution in [0.3, 0.4) is 0 Å². The van der Waals surface area contributed by atoms with Crippen molar-refractivity contribution in [3.05, 3.63) is 48.4 Å². The first-order valence-electron chi connectivity index (χ1n) is 6.06. The molecular weight excluding hydrogens is 242 g/mol. The van der Waals surface area contributed by atoms with Crippen LogP contribution in [0.2, 0.25) is 13.1 Å². The summed E-state index contributed by atoms with van der Waals surface area (Å²) in [5, 5.41) is 0. The number of hydrogen-bond donors (Lipinski definition) is 0. The van der Waals surface area contributed by atoms with Gasteiger partial charge in [-0.2, -0.15) is 0 Å². The van der Waals surface area contributed by atoms with Crippen LogP contribution in [0.25, 0.3) is 0 Å². The first kappa shape index (κ1) is 12.6. The van der Waals surface area contributed by atoms with Crippen molar-refractivity contribution < 1.29 is 8.84 Å². The van der Waals surface area contributed by atoms with E-state index in [0.717, 1.165) is 17.2 Å². The molecule has 0 N–H and O–H groups in total. The zero-order chi connectivity index (χ0) is 12.8. The van der Waals surface area contributed by atoms with E-state index in [1.165, 1.54) is 0 Å². The maximum atomic E-state index is 5.83. The van der Waals surface area contributed by atoms with Crippen molar-refractivity contribution in [2.75, 3.05) is 0 Å². The Hall–Kier alpha value is -1.81. The second kappa shape index (κ2) is 6.21. The van der Waals surface area contributed by atoms with E-state index in [2.05, 4.69) is 18.1 Å². The predicted octanol–water partition coefficient (Wildman–Crippen LogP) is 3.59. The zero-order valence-electron chi connectivity index (χ0n) is 10.7. The number of aliphatic imine (C=N–C) groups is 1. The predicted molar refractivity (Wildman–Crippen MR) is 76.5 cm³/mol. The lowest BCUT2D eigenvalue weighted by Crippen LogP contribution is -2.11. The molecule has 0 spiro atoms. The molecule has 3 nitrogen and oxygen atoms in total. The summed E-state index contributed by atoms with van der Waals surface area (Å²) in [7, 11) is -1.10. The van der Waals surface area contributed by atoms with Gasteiger partial charge in [0.05, 0.1) is 6.26 Å². The molecule has 18 heavy (non-hydrogen) atoms. The summed E-state index contributed by atoms with van der Waals surface area (Å²) in [4.78, 5) is 4.45. The third-order valence-corrected chi connectivity index (χ3v) is 3.06. The lowest BCUT2D eigenvalue weighted by atomic mass is 10.3. The fourth-order valence-electron chi connectivity index (χ4n) is 1.58. The lowest BCUT2D eigenvalue weighted by Gasteiger charge is -2.11. The average Bonchev–Trinajstić information content (AvgIpc) is 2.84. The Bertz CT molecular complexity index is 506. The molecule has 0 fully saturated rings. The van der Waals surface area contributed by atoms with Gasteiger partial charge in [0.25, 0.3) is 0 Å². The van der Waals surface area contributed by atoms with E-state index in [0.29, 0.717) is 6.42 Å². The molecule has 0 aliphatic carbocycles. The summed E-state index contributed by atoms with van der Waals surface area (Å²) < 4.78 is 11.1. The molecule has 0 unspecified atom stereocenters. The molecule has 1 aromatic heterocycles. The number of rotatable bonds is 5. The van der Waals surface area contributed by atoms with Gasteiger partial charge in [-0.3, -0.25) is 4.99 Å². The summed E-state index contributed by atoms with van der Waals surface area (Å²) in [5.74, 6) is 1.78. The molecule has 0 aliphatic heterocycles. The summed E-state index contributed by atoms with van der Waals surface area (Å²) in [5.41, 5.74) is 0.880. The summed E-state index contributed by atoms with van der Waals surface area (Å²) >= 11 is 0. The van der Waals surface area contributed by atoms with E-state index in [-0.39, 0.29) is 0 Å². The highest BCUT2D eigenvalue weighted by Crippen LogP contribution is 2.27. The van der Waals surface area contributed by atoms with Crippen LogP contribution in [0.5, 0.6) is 5.75 Å². The Labute approximate surface area is 109 Å². The highest BCUT2D eigenvalue weighted by molar-refractivity contribution is 6.49. The Morgan fingerprint density at radius 3 is 2.78 bits per heavy atom.